The van der Waals surface area contributed by atoms with Gasteiger partial charge >= 0.3 is 6.09 Å². The maximum atomic E-state index is 13.3. The fraction of sp³-hybridized carbons (Fsp3) is 0.667. The van der Waals surface area contributed by atoms with Gasteiger partial charge in [-0.3, -0.25) is 29.4 Å². The molecule has 2 unspecified atom stereocenters. The number of anilines is 1. The Bertz CT molecular complexity index is 1320. The van der Waals surface area contributed by atoms with Gasteiger partial charge in [0.05, 0.1) is 11.1 Å². The normalized spacial score (nSPS) is 25.9. The second-order valence-electron chi connectivity index (χ2n) is 14.2. The zero-order valence-corrected chi connectivity index (χ0v) is 26.2. The van der Waals surface area contributed by atoms with Crippen LogP contribution < -0.4 is 10.2 Å². The van der Waals surface area contributed by atoms with Crippen molar-refractivity contribution >= 4 is 35.4 Å². The number of hydrogen-bond acceptors (Lipinski definition) is 8. The molecule has 5 amide bonds. The average Bonchev–Trinajstić information content (AvgIpc) is 3.55. The second-order valence-corrected chi connectivity index (χ2v) is 14.2. The van der Waals surface area contributed by atoms with Gasteiger partial charge in [-0.25, -0.2) is 4.79 Å². The highest BCUT2D eigenvalue weighted by Gasteiger charge is 2.45. The van der Waals surface area contributed by atoms with Crippen LogP contribution >= 0.6 is 0 Å². The molecule has 5 aliphatic heterocycles. The third kappa shape index (κ3) is 6.34. The minimum Gasteiger partial charge on any atom is -0.444 e. The summed E-state index contributed by atoms with van der Waals surface area (Å²) in [5.74, 6) is 0.0128. The van der Waals surface area contributed by atoms with Gasteiger partial charge in [0.2, 0.25) is 11.8 Å². The smallest absolute Gasteiger partial charge is 0.410 e. The lowest BCUT2D eigenvalue weighted by Gasteiger charge is -2.41. The molecule has 0 aromatic heterocycles. The maximum absolute atomic E-state index is 13.3. The highest BCUT2D eigenvalue weighted by molar-refractivity contribution is 6.23. The van der Waals surface area contributed by atoms with Crippen molar-refractivity contribution in [3.63, 3.8) is 0 Å². The van der Waals surface area contributed by atoms with Gasteiger partial charge in [-0.15, -0.1) is 0 Å². The summed E-state index contributed by atoms with van der Waals surface area (Å²) in [4.78, 5) is 70.4. The van der Waals surface area contributed by atoms with E-state index in [1.165, 1.54) is 12.8 Å². The van der Waals surface area contributed by atoms with Crippen LogP contribution in [0.3, 0.4) is 0 Å². The highest BCUT2D eigenvalue weighted by Crippen LogP contribution is 2.36. The molecule has 5 aliphatic rings. The van der Waals surface area contributed by atoms with Crippen molar-refractivity contribution in [3.8, 4) is 0 Å². The topological polar surface area (TPSA) is 120 Å². The summed E-state index contributed by atoms with van der Waals surface area (Å²) in [6, 6.07) is 4.46. The fourth-order valence-electron chi connectivity index (χ4n) is 7.73. The van der Waals surface area contributed by atoms with Crippen molar-refractivity contribution in [2.24, 2.45) is 17.8 Å². The van der Waals surface area contributed by atoms with E-state index in [0.29, 0.717) is 23.0 Å². The Hall–Kier alpha value is -3.47. The van der Waals surface area contributed by atoms with Crippen LogP contribution in [0.2, 0.25) is 0 Å². The molecule has 0 radical (unpaired) electrons. The number of amides is 5. The third-order valence-corrected chi connectivity index (χ3v) is 10.1. The molecule has 4 saturated heterocycles. The van der Waals surface area contributed by atoms with Crippen molar-refractivity contribution in [1.82, 2.24) is 20.0 Å². The van der Waals surface area contributed by atoms with Crippen LogP contribution in [0.4, 0.5) is 10.5 Å². The molecule has 11 heteroatoms. The number of piperidine rings is 3. The lowest BCUT2D eigenvalue weighted by molar-refractivity contribution is -0.136. The first-order valence-corrected chi connectivity index (χ1v) is 16.3. The van der Waals surface area contributed by atoms with Gasteiger partial charge in [-0.05, 0) is 108 Å². The van der Waals surface area contributed by atoms with E-state index in [1.54, 1.807) is 12.1 Å². The third-order valence-electron chi connectivity index (χ3n) is 10.1. The number of rotatable bonds is 5. The summed E-state index contributed by atoms with van der Waals surface area (Å²) in [5, 5.41) is 2.25. The largest absolute Gasteiger partial charge is 0.444 e. The minimum atomic E-state index is -0.948. The van der Waals surface area contributed by atoms with Gasteiger partial charge in [0.25, 0.3) is 11.8 Å². The molecule has 0 aliphatic carbocycles. The first kappa shape index (κ1) is 30.6. The van der Waals surface area contributed by atoms with Gasteiger partial charge in [-0.2, -0.15) is 0 Å². The van der Waals surface area contributed by atoms with E-state index in [-0.39, 0.29) is 24.8 Å². The molecule has 44 heavy (non-hydrogen) atoms. The number of carbonyl (C=O) groups is 5. The number of nitrogens with one attached hydrogen (secondary N) is 1. The summed E-state index contributed by atoms with van der Waals surface area (Å²) in [7, 11) is 0. The van der Waals surface area contributed by atoms with Gasteiger partial charge < -0.3 is 19.4 Å². The Morgan fingerprint density at radius 3 is 2.18 bits per heavy atom. The number of likely N-dealkylation sites (tertiary alicyclic amines) is 2. The Morgan fingerprint density at radius 2 is 1.52 bits per heavy atom. The molecule has 238 valence electrons. The Labute approximate surface area is 259 Å². The van der Waals surface area contributed by atoms with Crippen LogP contribution in [0, 0.1) is 17.8 Å². The number of benzene rings is 1. The minimum absolute atomic E-state index is 0.109. The molecular weight excluding hydrogens is 562 g/mol. The van der Waals surface area contributed by atoms with Crippen molar-refractivity contribution < 1.29 is 28.7 Å². The molecule has 1 N–H and O–H groups in total. The average molecular weight is 608 g/mol. The molecule has 2 atom stereocenters. The summed E-state index contributed by atoms with van der Waals surface area (Å²) in [5.41, 5.74) is 1.12. The van der Waals surface area contributed by atoms with E-state index < -0.39 is 29.4 Å². The van der Waals surface area contributed by atoms with Crippen LogP contribution in [-0.4, -0.2) is 102 Å². The van der Waals surface area contributed by atoms with E-state index in [1.807, 2.05) is 31.7 Å². The lowest BCUT2D eigenvalue weighted by Crippen LogP contribution is -2.54. The van der Waals surface area contributed by atoms with Gasteiger partial charge in [-0.1, -0.05) is 0 Å². The lowest BCUT2D eigenvalue weighted by atomic mass is 9.78. The van der Waals surface area contributed by atoms with Gasteiger partial charge in [0, 0.05) is 44.8 Å². The van der Waals surface area contributed by atoms with E-state index in [2.05, 4.69) is 15.1 Å². The molecule has 5 heterocycles. The summed E-state index contributed by atoms with van der Waals surface area (Å²) in [6.07, 6.45) is 5.72. The molecule has 0 saturated carbocycles. The monoisotopic (exact) mass is 607 g/mol. The molecule has 4 fully saturated rings. The van der Waals surface area contributed by atoms with Crippen molar-refractivity contribution in [2.75, 3.05) is 50.7 Å². The van der Waals surface area contributed by atoms with E-state index in [0.717, 1.165) is 81.6 Å². The van der Waals surface area contributed by atoms with E-state index >= 15 is 0 Å². The quantitative estimate of drug-likeness (QED) is 0.507. The van der Waals surface area contributed by atoms with Crippen LogP contribution in [0.5, 0.6) is 0 Å². The second kappa shape index (κ2) is 12.1. The Kier molecular flexibility index (Phi) is 8.43. The number of nitrogens with zero attached hydrogens (tertiary/aromatic N) is 4. The van der Waals surface area contributed by atoms with Crippen LogP contribution in [-0.2, 0) is 14.3 Å². The van der Waals surface area contributed by atoms with E-state index in [9.17, 15) is 24.0 Å². The van der Waals surface area contributed by atoms with Gasteiger partial charge in [0.15, 0.2) is 0 Å². The van der Waals surface area contributed by atoms with Gasteiger partial charge in [0.1, 0.15) is 11.6 Å². The van der Waals surface area contributed by atoms with Crippen molar-refractivity contribution in [3.05, 3.63) is 29.3 Å². The Balaban J connectivity index is 0.968. The predicted octanol–water partition coefficient (Wildman–Crippen LogP) is 3.27. The molecule has 0 bridgehead atoms. The molecule has 0 spiro atoms. The van der Waals surface area contributed by atoms with Crippen molar-refractivity contribution in [1.29, 1.82) is 0 Å². The number of carbonyl (C=O) groups excluding carboxylic acids is 5. The first-order chi connectivity index (χ1) is 21.0. The van der Waals surface area contributed by atoms with E-state index in [4.69, 9.17) is 4.74 Å². The number of hydrogen-bond donors (Lipinski definition) is 1. The maximum Gasteiger partial charge on any atom is 0.410 e. The SMILES string of the molecule is CC(C)(C)OC(=O)N1CCC(CN2CCC(C3CCN(c4ccc5c(c4)C(=O)N(C4CCC(=O)NC4=O)C5=O)CC3)CC2)C1. The highest BCUT2D eigenvalue weighted by atomic mass is 16.6. The van der Waals surface area contributed by atoms with Crippen LogP contribution in [0.15, 0.2) is 18.2 Å². The number of imide groups is 2. The summed E-state index contributed by atoms with van der Waals surface area (Å²) < 4.78 is 5.56. The summed E-state index contributed by atoms with van der Waals surface area (Å²) in [6.45, 7) is 12.4. The standard InChI is InChI=1S/C33H45N5O6/c1-33(2,3)44-32(43)37-15-8-21(20-37)19-35-13-9-22(10-14-35)23-11-16-36(17-12-23)24-4-5-25-26(18-24)31(42)38(30(25)41)27-6-7-28(39)34-29(27)40/h4-5,18,21-23,27H,6-17,19-20H2,1-3H3,(H,34,39,40). The molecule has 1 aromatic rings. The first-order valence-electron chi connectivity index (χ1n) is 16.3. The zero-order chi connectivity index (χ0) is 31.2. The molecule has 1 aromatic carbocycles. The van der Waals surface area contributed by atoms with Crippen LogP contribution in [0.25, 0.3) is 0 Å². The molecule has 6 rings (SSSR count). The number of ether oxygens (including phenoxy) is 1. The van der Waals surface area contributed by atoms with Crippen LogP contribution in [0.1, 0.15) is 86.4 Å². The van der Waals surface area contributed by atoms with Crippen molar-refractivity contribution in [2.45, 2.75) is 77.4 Å². The molecular formula is C33H45N5O6. The Morgan fingerprint density at radius 1 is 0.864 bits per heavy atom. The predicted molar refractivity (Wildman–Crippen MR) is 163 cm³/mol. The fourth-order valence-corrected chi connectivity index (χ4v) is 7.73. The molecule has 11 nitrogen and oxygen atoms in total. The number of fused-ring (bicyclic) bond motifs is 1. The zero-order valence-electron chi connectivity index (χ0n) is 26.2. The summed E-state index contributed by atoms with van der Waals surface area (Å²) >= 11 is 0.